The molecular weight excluding hydrogens is 481 g/mol. The van der Waals surface area contributed by atoms with Gasteiger partial charge in [-0.05, 0) is 12.5 Å². The summed E-state index contributed by atoms with van der Waals surface area (Å²) in [6, 6.07) is 9.12. The van der Waals surface area contributed by atoms with E-state index in [0.717, 1.165) is 78.2 Å². The molecule has 0 amide bonds. The van der Waals surface area contributed by atoms with Crippen molar-refractivity contribution in [3.8, 4) is 0 Å². The van der Waals surface area contributed by atoms with Crippen LogP contribution in [0.4, 0.5) is 0 Å². The van der Waals surface area contributed by atoms with Gasteiger partial charge in [-0.15, -0.1) is 24.0 Å². The molecule has 164 valence electrons. The quantitative estimate of drug-likeness (QED) is 0.325. The molecule has 0 saturated carbocycles. The third-order valence-electron chi connectivity index (χ3n) is 5.42. The average molecular weight is 517 g/mol. The minimum Gasteiger partial charge on any atom is -0.379 e. The molecule has 2 aliphatic heterocycles. The molecule has 0 spiro atoms. The van der Waals surface area contributed by atoms with Gasteiger partial charge in [0.15, 0.2) is 5.96 Å². The number of benzene rings is 1. The summed E-state index contributed by atoms with van der Waals surface area (Å²) in [5.41, 5.74) is 2.64. The fourth-order valence-corrected chi connectivity index (χ4v) is 3.80. The predicted molar refractivity (Wildman–Crippen MR) is 128 cm³/mol. The molecular formula is C21H36IN5O2. The SMILES string of the molecule is CN=C(NCCN1CCOCC1)NCC(c1cccc(C)c1)N1CCOCC1.I. The van der Waals surface area contributed by atoms with Crippen LogP contribution in [0.5, 0.6) is 0 Å². The molecule has 2 saturated heterocycles. The van der Waals surface area contributed by atoms with Gasteiger partial charge in [-0.25, -0.2) is 0 Å². The third-order valence-corrected chi connectivity index (χ3v) is 5.42. The highest BCUT2D eigenvalue weighted by molar-refractivity contribution is 14.0. The number of hydrogen-bond acceptors (Lipinski definition) is 5. The van der Waals surface area contributed by atoms with Crippen molar-refractivity contribution in [1.29, 1.82) is 0 Å². The monoisotopic (exact) mass is 517 g/mol. The first kappa shape index (κ1) is 24.3. The van der Waals surface area contributed by atoms with Gasteiger partial charge in [-0.1, -0.05) is 29.8 Å². The van der Waals surface area contributed by atoms with Crippen LogP contribution in [0, 0.1) is 6.92 Å². The van der Waals surface area contributed by atoms with Gasteiger partial charge < -0.3 is 20.1 Å². The van der Waals surface area contributed by atoms with Crippen molar-refractivity contribution >= 4 is 29.9 Å². The fraction of sp³-hybridized carbons (Fsp3) is 0.667. The van der Waals surface area contributed by atoms with E-state index < -0.39 is 0 Å². The van der Waals surface area contributed by atoms with E-state index in [4.69, 9.17) is 9.47 Å². The summed E-state index contributed by atoms with van der Waals surface area (Å²) in [6.45, 7) is 12.1. The van der Waals surface area contributed by atoms with E-state index in [9.17, 15) is 0 Å². The van der Waals surface area contributed by atoms with Crippen molar-refractivity contribution in [2.45, 2.75) is 13.0 Å². The molecule has 0 aromatic heterocycles. The number of nitrogens with one attached hydrogen (secondary N) is 2. The highest BCUT2D eigenvalue weighted by atomic mass is 127. The van der Waals surface area contributed by atoms with E-state index >= 15 is 0 Å². The molecule has 1 aromatic carbocycles. The molecule has 2 fully saturated rings. The topological polar surface area (TPSA) is 61.4 Å². The molecule has 3 rings (SSSR count). The van der Waals surface area contributed by atoms with Crippen LogP contribution in [0.2, 0.25) is 0 Å². The van der Waals surface area contributed by atoms with Crippen molar-refractivity contribution in [2.75, 3.05) is 79.3 Å². The van der Waals surface area contributed by atoms with Gasteiger partial charge in [0, 0.05) is 52.9 Å². The first-order chi connectivity index (χ1) is 13.8. The van der Waals surface area contributed by atoms with Gasteiger partial charge in [-0.3, -0.25) is 14.8 Å². The molecule has 0 radical (unpaired) electrons. The minimum atomic E-state index is 0. The number of aryl methyl sites for hydroxylation is 1. The zero-order valence-corrected chi connectivity index (χ0v) is 20.1. The van der Waals surface area contributed by atoms with Crippen LogP contribution in [0.1, 0.15) is 17.2 Å². The Labute approximate surface area is 192 Å². The lowest BCUT2D eigenvalue weighted by Gasteiger charge is -2.35. The number of rotatable bonds is 7. The average Bonchev–Trinajstić information content (AvgIpc) is 2.74. The number of halogens is 1. The summed E-state index contributed by atoms with van der Waals surface area (Å²) < 4.78 is 11.0. The second kappa shape index (κ2) is 13.4. The van der Waals surface area contributed by atoms with E-state index in [1.54, 1.807) is 0 Å². The lowest BCUT2D eigenvalue weighted by molar-refractivity contribution is 0.0170. The molecule has 7 nitrogen and oxygen atoms in total. The summed E-state index contributed by atoms with van der Waals surface area (Å²) in [4.78, 5) is 9.34. The van der Waals surface area contributed by atoms with E-state index in [1.807, 2.05) is 7.05 Å². The van der Waals surface area contributed by atoms with Gasteiger partial charge in [0.2, 0.25) is 0 Å². The second-order valence-corrected chi connectivity index (χ2v) is 7.41. The normalized spacial score (nSPS) is 20.0. The van der Waals surface area contributed by atoms with Crippen molar-refractivity contribution in [3.05, 3.63) is 35.4 Å². The van der Waals surface area contributed by atoms with Crippen LogP contribution in [-0.4, -0.2) is 95.0 Å². The van der Waals surface area contributed by atoms with Crippen LogP contribution in [0.15, 0.2) is 29.3 Å². The molecule has 2 N–H and O–H groups in total. The highest BCUT2D eigenvalue weighted by Gasteiger charge is 2.23. The number of ether oxygens (including phenoxy) is 2. The number of morpholine rings is 2. The molecule has 0 aliphatic carbocycles. The van der Waals surface area contributed by atoms with E-state index in [-0.39, 0.29) is 24.0 Å². The molecule has 1 unspecified atom stereocenters. The molecule has 2 heterocycles. The Morgan fingerprint density at radius 2 is 1.76 bits per heavy atom. The van der Waals surface area contributed by atoms with E-state index in [2.05, 4.69) is 56.6 Å². The van der Waals surface area contributed by atoms with Gasteiger partial charge in [0.05, 0.1) is 32.5 Å². The van der Waals surface area contributed by atoms with Gasteiger partial charge in [0.1, 0.15) is 0 Å². The first-order valence-corrected chi connectivity index (χ1v) is 10.4. The second-order valence-electron chi connectivity index (χ2n) is 7.41. The number of nitrogens with zero attached hydrogens (tertiary/aromatic N) is 3. The van der Waals surface area contributed by atoms with Gasteiger partial charge in [-0.2, -0.15) is 0 Å². The predicted octanol–water partition coefficient (Wildman–Crippen LogP) is 1.48. The Morgan fingerprint density at radius 1 is 1.07 bits per heavy atom. The van der Waals surface area contributed by atoms with Crippen LogP contribution < -0.4 is 10.6 Å². The molecule has 0 bridgehead atoms. The summed E-state index contributed by atoms with van der Waals surface area (Å²) in [5, 5.41) is 6.99. The standard InChI is InChI=1S/C21H35N5O2.HI/c1-18-4-3-5-19(16-18)20(26-10-14-28-15-11-26)17-24-21(22-2)23-6-7-25-8-12-27-13-9-25;/h3-5,16,20H,6-15,17H2,1-2H3,(H2,22,23,24);1H. The maximum atomic E-state index is 5.56. The van der Waals surface area contributed by atoms with Crippen LogP contribution in [0.3, 0.4) is 0 Å². The van der Waals surface area contributed by atoms with Crippen molar-refractivity contribution in [3.63, 3.8) is 0 Å². The van der Waals surface area contributed by atoms with Crippen LogP contribution >= 0.6 is 24.0 Å². The number of guanidine groups is 1. The smallest absolute Gasteiger partial charge is 0.191 e. The first-order valence-electron chi connectivity index (χ1n) is 10.4. The molecule has 29 heavy (non-hydrogen) atoms. The molecule has 2 aliphatic rings. The largest absolute Gasteiger partial charge is 0.379 e. The van der Waals surface area contributed by atoms with Gasteiger partial charge >= 0.3 is 0 Å². The lowest BCUT2D eigenvalue weighted by Crippen LogP contribution is -2.48. The molecule has 1 aromatic rings. The zero-order chi connectivity index (χ0) is 19.6. The fourth-order valence-electron chi connectivity index (χ4n) is 3.80. The summed E-state index contributed by atoms with van der Waals surface area (Å²) >= 11 is 0. The van der Waals surface area contributed by atoms with Crippen molar-refractivity contribution in [1.82, 2.24) is 20.4 Å². The maximum Gasteiger partial charge on any atom is 0.191 e. The van der Waals surface area contributed by atoms with Crippen molar-refractivity contribution < 1.29 is 9.47 Å². The van der Waals surface area contributed by atoms with E-state index in [0.29, 0.717) is 6.04 Å². The van der Waals surface area contributed by atoms with Crippen LogP contribution in [0.25, 0.3) is 0 Å². The van der Waals surface area contributed by atoms with Crippen LogP contribution in [-0.2, 0) is 9.47 Å². The molecule has 1 atom stereocenters. The summed E-state index contributed by atoms with van der Waals surface area (Å²) in [6.07, 6.45) is 0. The Hall–Kier alpha value is -0.940. The third kappa shape index (κ3) is 8.01. The zero-order valence-electron chi connectivity index (χ0n) is 17.7. The Balaban J connectivity index is 0.00000300. The Morgan fingerprint density at radius 3 is 2.41 bits per heavy atom. The summed E-state index contributed by atoms with van der Waals surface area (Å²) in [5.74, 6) is 0.860. The lowest BCUT2D eigenvalue weighted by atomic mass is 10.0. The van der Waals surface area contributed by atoms with E-state index in [1.165, 1.54) is 11.1 Å². The molecule has 8 heteroatoms. The minimum absolute atomic E-state index is 0. The summed E-state index contributed by atoms with van der Waals surface area (Å²) in [7, 11) is 1.83. The number of aliphatic imine (C=N–C) groups is 1. The Bertz CT molecular complexity index is 619. The Kier molecular flexibility index (Phi) is 11.2. The van der Waals surface area contributed by atoms with Gasteiger partial charge in [0.25, 0.3) is 0 Å². The van der Waals surface area contributed by atoms with Crippen molar-refractivity contribution in [2.24, 2.45) is 4.99 Å². The number of hydrogen-bond donors (Lipinski definition) is 2. The highest BCUT2D eigenvalue weighted by Crippen LogP contribution is 2.22. The maximum absolute atomic E-state index is 5.56.